The Morgan fingerprint density at radius 1 is 0.351 bits per heavy atom. The molecule has 12 aromatic rings. The maximum Gasteiger partial charge on any atom is 0.167 e. The van der Waals surface area contributed by atoms with Crippen LogP contribution < -0.4 is 0 Å². The third-order valence-corrected chi connectivity index (χ3v) is 11.1. The van der Waals surface area contributed by atoms with Gasteiger partial charge in [0.25, 0.3) is 0 Å². The molecule has 0 N–H and O–H groups in total. The molecule has 266 valence electrons. The van der Waals surface area contributed by atoms with Crippen molar-refractivity contribution in [3.05, 3.63) is 182 Å². The maximum atomic E-state index is 6.49. The number of aromatic nitrogens is 4. The fourth-order valence-electron chi connectivity index (χ4n) is 8.45. The molecule has 0 unspecified atom stereocenters. The summed E-state index contributed by atoms with van der Waals surface area (Å²) in [5, 5.41) is 6.47. The van der Waals surface area contributed by atoms with E-state index in [1.807, 2.05) is 60.7 Å². The normalized spacial score (nSPS) is 11.9. The summed E-state index contributed by atoms with van der Waals surface area (Å²) < 4.78 is 15.1. The summed E-state index contributed by atoms with van der Waals surface area (Å²) in [7, 11) is 0. The molecule has 57 heavy (non-hydrogen) atoms. The van der Waals surface area contributed by atoms with E-state index in [1.54, 1.807) is 0 Å². The molecule has 4 heterocycles. The molecule has 0 aliphatic heterocycles. The summed E-state index contributed by atoms with van der Waals surface area (Å²) >= 11 is 0. The van der Waals surface area contributed by atoms with E-state index in [0.717, 1.165) is 77.3 Å². The Labute approximate surface area is 325 Å². The molecule has 6 nitrogen and oxygen atoms in total. The number of benzene rings is 8. The van der Waals surface area contributed by atoms with Crippen LogP contribution in [0.1, 0.15) is 0 Å². The van der Waals surface area contributed by atoms with Crippen molar-refractivity contribution in [2.24, 2.45) is 0 Å². The van der Waals surface area contributed by atoms with Crippen molar-refractivity contribution < 1.29 is 8.83 Å². The molecule has 6 heteroatoms. The SMILES string of the molecule is c1ccc(-c2ccc3c4ccccc4n(-c4ccc(-c5nc(-c6cccc7c6oc6ccccc67)nc(-c6cccc7oc8ccccc8c67)n5)cc4)c3c2)cc1. The van der Waals surface area contributed by atoms with Crippen LogP contribution in [0.15, 0.2) is 191 Å². The quantitative estimate of drug-likeness (QED) is 0.176. The lowest BCUT2D eigenvalue weighted by atomic mass is 10.0. The standard InChI is InChI=1S/C51H30N4O2/c1-2-12-31(13-3-1)33-26-29-36-35-14-4-7-20-42(35)55(43(36)30-33)34-27-24-32(25-28-34)49-52-50(40-18-11-23-46-47(40)39-16-6-9-22-45(39)56-46)54-51(53-49)41-19-10-17-38-37-15-5-8-21-44(37)57-48(38)41/h1-30H. The molecule has 0 aliphatic rings. The van der Waals surface area contributed by atoms with Crippen molar-refractivity contribution in [2.75, 3.05) is 0 Å². The fraction of sp³-hybridized carbons (Fsp3) is 0. The van der Waals surface area contributed by atoms with Crippen molar-refractivity contribution in [1.82, 2.24) is 19.5 Å². The van der Waals surface area contributed by atoms with Gasteiger partial charge in [-0.15, -0.1) is 0 Å². The summed E-state index contributed by atoms with van der Waals surface area (Å²) in [6.07, 6.45) is 0. The Balaban J connectivity index is 1.06. The summed E-state index contributed by atoms with van der Waals surface area (Å²) in [6.45, 7) is 0. The first-order valence-electron chi connectivity index (χ1n) is 19.0. The molecule has 0 saturated carbocycles. The van der Waals surface area contributed by atoms with Gasteiger partial charge in [0.1, 0.15) is 22.3 Å². The largest absolute Gasteiger partial charge is 0.456 e. The van der Waals surface area contributed by atoms with Crippen molar-refractivity contribution in [1.29, 1.82) is 0 Å². The van der Waals surface area contributed by atoms with E-state index >= 15 is 0 Å². The van der Waals surface area contributed by atoms with Crippen LogP contribution in [-0.4, -0.2) is 19.5 Å². The number of hydrogen-bond donors (Lipinski definition) is 0. The van der Waals surface area contributed by atoms with Gasteiger partial charge >= 0.3 is 0 Å². The molecule has 0 aliphatic carbocycles. The van der Waals surface area contributed by atoms with Crippen LogP contribution in [-0.2, 0) is 0 Å². The Kier molecular flexibility index (Phi) is 6.83. The Morgan fingerprint density at radius 3 is 1.79 bits per heavy atom. The van der Waals surface area contributed by atoms with E-state index in [9.17, 15) is 0 Å². The first-order chi connectivity index (χ1) is 28.2. The van der Waals surface area contributed by atoms with Gasteiger partial charge in [0.05, 0.1) is 16.6 Å². The second-order valence-corrected chi connectivity index (χ2v) is 14.4. The van der Waals surface area contributed by atoms with Gasteiger partial charge in [0.2, 0.25) is 0 Å². The molecule has 4 aromatic heterocycles. The van der Waals surface area contributed by atoms with E-state index in [2.05, 4.69) is 126 Å². The van der Waals surface area contributed by atoms with E-state index in [1.165, 1.54) is 21.9 Å². The zero-order valence-corrected chi connectivity index (χ0v) is 30.4. The summed E-state index contributed by atoms with van der Waals surface area (Å²) in [4.78, 5) is 15.6. The average Bonchev–Trinajstić information content (AvgIpc) is 3.96. The minimum atomic E-state index is 0.532. The maximum absolute atomic E-state index is 6.49. The van der Waals surface area contributed by atoms with Gasteiger partial charge < -0.3 is 13.4 Å². The van der Waals surface area contributed by atoms with Gasteiger partial charge in [-0.1, -0.05) is 121 Å². The first-order valence-corrected chi connectivity index (χ1v) is 19.0. The number of hydrogen-bond acceptors (Lipinski definition) is 5. The summed E-state index contributed by atoms with van der Waals surface area (Å²) in [6, 6.07) is 62.8. The third-order valence-electron chi connectivity index (χ3n) is 11.1. The highest BCUT2D eigenvalue weighted by atomic mass is 16.3. The van der Waals surface area contributed by atoms with Crippen molar-refractivity contribution >= 4 is 65.7 Å². The minimum absolute atomic E-state index is 0.532. The average molecular weight is 731 g/mol. The zero-order valence-electron chi connectivity index (χ0n) is 30.4. The van der Waals surface area contributed by atoms with Crippen molar-refractivity contribution in [3.63, 3.8) is 0 Å². The Hall–Kier alpha value is -7.83. The second kappa shape index (κ2) is 12.3. The number of furan rings is 2. The molecule has 0 amide bonds. The molecular formula is C51H30N4O2. The first kappa shape index (κ1) is 31.5. The van der Waals surface area contributed by atoms with Gasteiger partial charge in [-0.25, -0.2) is 15.0 Å². The molecule has 12 rings (SSSR count). The molecule has 0 saturated heterocycles. The van der Waals surface area contributed by atoms with Crippen LogP contribution in [0.3, 0.4) is 0 Å². The van der Waals surface area contributed by atoms with Gasteiger partial charge in [-0.3, -0.25) is 0 Å². The second-order valence-electron chi connectivity index (χ2n) is 14.4. The van der Waals surface area contributed by atoms with Crippen LogP contribution in [0.5, 0.6) is 0 Å². The number of nitrogens with zero attached hydrogens (tertiary/aromatic N) is 4. The van der Waals surface area contributed by atoms with Crippen LogP contribution >= 0.6 is 0 Å². The molecule has 0 radical (unpaired) electrons. The third kappa shape index (κ3) is 4.94. The van der Waals surface area contributed by atoms with Crippen molar-refractivity contribution in [3.8, 4) is 51.0 Å². The lowest BCUT2D eigenvalue weighted by molar-refractivity contribution is 0.668. The lowest BCUT2D eigenvalue weighted by Crippen LogP contribution is -2.01. The highest BCUT2D eigenvalue weighted by Gasteiger charge is 2.21. The molecule has 0 fully saturated rings. The van der Waals surface area contributed by atoms with Crippen molar-refractivity contribution in [2.45, 2.75) is 0 Å². The summed E-state index contributed by atoms with van der Waals surface area (Å²) in [5.74, 6) is 1.65. The van der Waals surface area contributed by atoms with E-state index in [-0.39, 0.29) is 0 Å². The topological polar surface area (TPSA) is 69.9 Å². The minimum Gasteiger partial charge on any atom is -0.456 e. The van der Waals surface area contributed by atoms with Gasteiger partial charge in [0, 0.05) is 49.1 Å². The number of fused-ring (bicyclic) bond motifs is 9. The predicted octanol–water partition coefficient (Wildman–Crippen LogP) is 13.4. The lowest BCUT2D eigenvalue weighted by Gasteiger charge is -2.12. The van der Waals surface area contributed by atoms with Crippen LogP contribution in [0, 0.1) is 0 Å². The highest BCUT2D eigenvalue weighted by molar-refractivity contribution is 6.13. The predicted molar refractivity (Wildman–Crippen MR) is 230 cm³/mol. The molecule has 0 bridgehead atoms. The highest BCUT2D eigenvalue weighted by Crippen LogP contribution is 2.40. The van der Waals surface area contributed by atoms with Gasteiger partial charge in [-0.2, -0.15) is 0 Å². The molecular weight excluding hydrogens is 701 g/mol. The Morgan fingerprint density at radius 2 is 0.947 bits per heavy atom. The smallest absolute Gasteiger partial charge is 0.167 e. The molecule has 0 spiro atoms. The number of para-hydroxylation sites is 4. The zero-order chi connectivity index (χ0) is 37.5. The number of rotatable bonds is 5. The molecule has 8 aromatic carbocycles. The Bertz CT molecular complexity index is 3520. The van der Waals surface area contributed by atoms with E-state index in [0.29, 0.717) is 17.5 Å². The fourth-order valence-corrected chi connectivity index (χ4v) is 8.45. The van der Waals surface area contributed by atoms with Gasteiger partial charge in [-0.05, 0) is 71.8 Å². The monoisotopic (exact) mass is 730 g/mol. The van der Waals surface area contributed by atoms with Crippen LogP contribution in [0.2, 0.25) is 0 Å². The molecule has 0 atom stereocenters. The summed E-state index contributed by atoms with van der Waals surface area (Å²) in [5.41, 5.74) is 11.4. The van der Waals surface area contributed by atoms with E-state index in [4.69, 9.17) is 23.8 Å². The van der Waals surface area contributed by atoms with Crippen LogP contribution in [0.4, 0.5) is 0 Å². The van der Waals surface area contributed by atoms with Crippen LogP contribution in [0.25, 0.3) is 117 Å². The van der Waals surface area contributed by atoms with E-state index < -0.39 is 0 Å². The van der Waals surface area contributed by atoms with Gasteiger partial charge in [0.15, 0.2) is 17.5 Å².